The van der Waals surface area contributed by atoms with Crippen LogP contribution in [0.5, 0.6) is 11.5 Å². The van der Waals surface area contributed by atoms with E-state index in [1.165, 1.54) is 13.3 Å². The summed E-state index contributed by atoms with van der Waals surface area (Å²) in [5, 5.41) is 9.96. The average Bonchev–Trinajstić information content (AvgIpc) is 4.00. The fourth-order valence-corrected chi connectivity index (χ4v) is 13.2. The molecule has 2 aromatic carbocycles. The number of ether oxygens (including phenoxy) is 2. The summed E-state index contributed by atoms with van der Waals surface area (Å²) in [7, 11) is -6.19. The van der Waals surface area contributed by atoms with Crippen LogP contribution in [0.3, 0.4) is 0 Å². The third kappa shape index (κ3) is 9.65. The Hall–Kier alpha value is -3.74. The number of amides is 1. The van der Waals surface area contributed by atoms with E-state index in [0.717, 1.165) is 31.7 Å². The van der Waals surface area contributed by atoms with E-state index in [1.54, 1.807) is 53.3 Å². The maximum absolute atomic E-state index is 16.1. The number of carboxylic acids is 1. The van der Waals surface area contributed by atoms with E-state index < -0.39 is 49.1 Å². The van der Waals surface area contributed by atoms with Crippen LogP contribution in [0.1, 0.15) is 103 Å². The van der Waals surface area contributed by atoms with Gasteiger partial charge >= 0.3 is 13.6 Å². The Morgan fingerprint density at radius 1 is 1.00 bits per heavy atom. The van der Waals surface area contributed by atoms with E-state index in [2.05, 4.69) is 6.92 Å². The van der Waals surface area contributed by atoms with Gasteiger partial charge in [-0.25, -0.2) is 9.18 Å². The number of anilines is 1. The number of halogens is 1. The van der Waals surface area contributed by atoms with Crippen molar-refractivity contribution in [3.8, 4) is 11.5 Å². The van der Waals surface area contributed by atoms with Gasteiger partial charge in [-0.2, -0.15) is 0 Å². The topological polar surface area (TPSA) is 163 Å². The molecule has 1 aliphatic carbocycles. The Balaban J connectivity index is 1.44. The molecule has 5 rings (SSSR count). The van der Waals surface area contributed by atoms with Crippen molar-refractivity contribution in [2.75, 3.05) is 64.0 Å². The molecule has 0 spiro atoms. The van der Waals surface area contributed by atoms with Gasteiger partial charge in [0.1, 0.15) is 22.9 Å². The lowest BCUT2D eigenvalue weighted by molar-refractivity contribution is -0.134. The predicted molar refractivity (Wildman–Crippen MR) is 222 cm³/mol. The third-order valence-corrected chi connectivity index (χ3v) is 16.5. The highest BCUT2D eigenvalue weighted by Crippen LogP contribution is 2.63. The molecule has 320 valence electrons. The number of piperazine rings is 1. The number of carbonyl (C=O) groups excluding carboxylic acids is 1. The number of carboxylic acid groups (broad SMARTS) is 1. The van der Waals surface area contributed by atoms with E-state index in [0.29, 0.717) is 28.7 Å². The second-order valence-electron chi connectivity index (χ2n) is 15.5. The molecule has 1 aliphatic heterocycles. The first kappa shape index (κ1) is 45.3. The van der Waals surface area contributed by atoms with E-state index in [4.69, 9.17) is 23.0 Å². The molecule has 2 atom stereocenters. The molecule has 2 aliphatic rings. The number of hydrogen-bond acceptors (Lipinski definition) is 11. The molecule has 2 fully saturated rings. The normalized spacial score (nSPS) is 17.4. The molecule has 58 heavy (non-hydrogen) atoms. The van der Waals surface area contributed by atoms with Crippen LogP contribution in [0.2, 0.25) is 0 Å². The molecule has 17 heteroatoms. The van der Waals surface area contributed by atoms with Crippen LogP contribution in [0.4, 0.5) is 10.1 Å². The molecule has 1 amide bonds. The number of pyridine rings is 1. The fraction of sp³-hybridized carbons (Fsp3) is 0.585. The summed E-state index contributed by atoms with van der Waals surface area (Å²) in [4.78, 5) is 43.0. The molecule has 3 aromatic rings. The van der Waals surface area contributed by atoms with E-state index >= 15 is 4.39 Å². The average molecular weight is 850 g/mol. The lowest BCUT2D eigenvalue weighted by Crippen LogP contribution is -2.55. The highest BCUT2D eigenvalue weighted by Gasteiger charge is 2.41. The summed E-state index contributed by atoms with van der Waals surface area (Å²) >= 11 is 0. The molecule has 0 radical (unpaired) electrons. The van der Waals surface area contributed by atoms with Gasteiger partial charge < -0.3 is 42.5 Å². The smallest absolute Gasteiger partial charge is 0.341 e. The number of aromatic carboxylic acids is 1. The summed E-state index contributed by atoms with van der Waals surface area (Å²) in [5.74, 6) is -2.03. The molecule has 1 N–H and O–H groups in total. The number of nitrogens with zero attached hydrogens (tertiary/aromatic N) is 3. The maximum Gasteiger partial charge on any atom is 0.341 e. The van der Waals surface area contributed by atoms with Gasteiger partial charge in [0.2, 0.25) is 18.7 Å². The Kier molecular flexibility index (Phi) is 14.6. The van der Waals surface area contributed by atoms with Gasteiger partial charge in [0, 0.05) is 60.6 Å². The van der Waals surface area contributed by atoms with Crippen molar-refractivity contribution in [1.29, 1.82) is 0 Å². The zero-order valence-electron chi connectivity index (χ0n) is 34.9. The first-order chi connectivity index (χ1) is 27.5. The number of aromatic nitrogens is 1. The molecule has 14 nitrogen and oxygen atoms in total. The zero-order valence-corrected chi connectivity index (χ0v) is 36.7. The monoisotopic (exact) mass is 849 g/mol. The predicted octanol–water partition coefficient (Wildman–Crippen LogP) is 7.93. The van der Waals surface area contributed by atoms with E-state index in [1.807, 2.05) is 20.8 Å². The summed E-state index contributed by atoms with van der Waals surface area (Å²) in [6.07, 6.45) is 4.65. The second-order valence-corrected chi connectivity index (χ2v) is 20.4. The van der Waals surface area contributed by atoms with E-state index in [-0.39, 0.29) is 80.7 Å². The van der Waals surface area contributed by atoms with Crippen molar-refractivity contribution in [2.24, 2.45) is 0 Å². The SMILES string of the molecule is CCCCOc1ccc(P(=O)(CP(=O)(OCC)OCC)OCC)cc1C(C)(C)CC(=O)N1CCN(c2c(F)cc3c(=O)c(C(=O)O)cn(C4CC4)c3c2OC)CC1C. The molecule has 1 aromatic heterocycles. The number of carbonyl (C=O) groups is 2. The molecule has 1 saturated carbocycles. The first-order valence-electron chi connectivity index (χ1n) is 20.1. The molecule has 2 heterocycles. The minimum atomic E-state index is -3.80. The van der Waals surface area contributed by atoms with Gasteiger partial charge in [0.15, 0.2) is 11.6 Å². The number of methoxy groups -OCH3 is 1. The van der Waals surface area contributed by atoms with Crippen LogP contribution in [0.15, 0.2) is 35.3 Å². The van der Waals surface area contributed by atoms with Crippen molar-refractivity contribution in [3.05, 3.63) is 57.6 Å². The summed E-state index contributed by atoms with van der Waals surface area (Å²) in [5.41, 5.74) is -0.929. The summed E-state index contributed by atoms with van der Waals surface area (Å²) < 4.78 is 75.0. The number of rotatable bonds is 20. The Morgan fingerprint density at radius 3 is 2.24 bits per heavy atom. The lowest BCUT2D eigenvalue weighted by Gasteiger charge is -2.42. The van der Waals surface area contributed by atoms with Gasteiger partial charge in [-0.15, -0.1) is 0 Å². The Morgan fingerprint density at radius 2 is 1.67 bits per heavy atom. The quantitative estimate of drug-likeness (QED) is 0.0865. The number of unbranched alkanes of at least 4 members (excludes halogenated alkanes) is 1. The minimum absolute atomic E-state index is 0.0404. The third-order valence-electron chi connectivity index (χ3n) is 10.6. The number of hydrogen-bond donors (Lipinski definition) is 1. The highest BCUT2D eigenvalue weighted by atomic mass is 31.2. The number of benzene rings is 2. The van der Waals surface area contributed by atoms with Crippen LogP contribution in [0, 0.1) is 5.82 Å². The van der Waals surface area contributed by atoms with Gasteiger partial charge in [0.25, 0.3) is 0 Å². The zero-order chi connectivity index (χ0) is 42.6. The standard InChI is InChI=1S/C41H58FN3O11P2/c1-9-13-20-53-34-17-16-29(57(50,54-10-2)26-58(51,55-11-3)56-12-4)21-32(34)41(6,7)23-35(46)44-19-18-43(24-27(44)5)37-33(42)22-30-36(39(37)52-8)45(28-14-15-28)25-31(38(30)47)40(48)49/h16-17,21-22,25,27-28H,9-15,18-20,23-24,26H2,1-8H3,(H,48,49). The van der Waals surface area contributed by atoms with Gasteiger partial charge in [-0.1, -0.05) is 27.2 Å². The molecule has 1 saturated heterocycles. The Labute approximate surface area is 339 Å². The van der Waals surface area contributed by atoms with Crippen LogP contribution in [0.25, 0.3) is 10.9 Å². The van der Waals surface area contributed by atoms with E-state index in [9.17, 15) is 28.6 Å². The second kappa shape index (κ2) is 18.7. The van der Waals surface area contributed by atoms with Gasteiger partial charge in [-0.05, 0) is 71.2 Å². The molecular formula is C41H58FN3O11P2. The molecule has 0 bridgehead atoms. The van der Waals surface area contributed by atoms with Gasteiger partial charge in [0.05, 0.1) is 44.4 Å². The van der Waals surface area contributed by atoms with Gasteiger partial charge in [-0.3, -0.25) is 18.7 Å². The molecular weight excluding hydrogens is 791 g/mol. The highest BCUT2D eigenvalue weighted by molar-refractivity contribution is 7.78. The van der Waals surface area contributed by atoms with Crippen LogP contribution in [-0.2, 0) is 32.9 Å². The lowest BCUT2D eigenvalue weighted by atomic mass is 9.80. The van der Waals surface area contributed by atoms with Crippen LogP contribution >= 0.6 is 15.0 Å². The van der Waals surface area contributed by atoms with Crippen molar-refractivity contribution < 1.29 is 51.3 Å². The minimum Gasteiger partial charge on any atom is -0.493 e. The summed E-state index contributed by atoms with van der Waals surface area (Å²) in [6, 6.07) is 5.79. The van der Waals surface area contributed by atoms with Crippen molar-refractivity contribution in [2.45, 2.75) is 98.1 Å². The van der Waals surface area contributed by atoms with Crippen LogP contribution in [-0.4, -0.2) is 91.6 Å². The fourth-order valence-electron chi connectivity index (χ4n) is 7.69. The van der Waals surface area contributed by atoms with Crippen molar-refractivity contribution in [3.63, 3.8) is 0 Å². The number of fused-ring (bicyclic) bond motifs is 1. The maximum atomic E-state index is 16.1. The first-order valence-corrected chi connectivity index (χ1v) is 23.6. The van der Waals surface area contributed by atoms with Crippen molar-refractivity contribution in [1.82, 2.24) is 9.47 Å². The largest absolute Gasteiger partial charge is 0.493 e. The van der Waals surface area contributed by atoms with Crippen molar-refractivity contribution >= 4 is 48.7 Å². The summed E-state index contributed by atoms with van der Waals surface area (Å²) in [6.45, 7) is 14.3. The molecule has 2 unspecified atom stereocenters. The Bertz CT molecular complexity index is 2150. The van der Waals surface area contributed by atoms with Crippen LogP contribution < -0.4 is 25.1 Å².